The minimum Gasteiger partial charge on any atom is -0.472 e. The van der Waals surface area contributed by atoms with Crippen molar-refractivity contribution in [2.75, 3.05) is 6.54 Å². The number of hydrogen-bond donors (Lipinski definition) is 1. The van der Waals surface area contributed by atoms with Crippen molar-refractivity contribution in [2.24, 2.45) is 0 Å². The van der Waals surface area contributed by atoms with Gasteiger partial charge in [-0.2, -0.15) is 0 Å². The van der Waals surface area contributed by atoms with E-state index in [0.717, 1.165) is 6.54 Å². The molecule has 0 saturated heterocycles. The Balaban J connectivity index is 2.06. The summed E-state index contributed by atoms with van der Waals surface area (Å²) in [6.45, 7) is 3.25. The summed E-state index contributed by atoms with van der Waals surface area (Å²) in [5.74, 6) is 0.669. The maximum atomic E-state index is 5.17. The van der Waals surface area contributed by atoms with E-state index in [-0.39, 0.29) is 0 Å². The second-order valence-electron chi connectivity index (χ2n) is 4.11. The standard InChI is InChI=1S/C12H19NO/c1-2-13-12-6-4-3-5-11(12)10-7-8-14-9-10/h7-9,11-13H,2-6H2,1H3. The number of likely N-dealkylation sites (N-methyl/N-ethyl adjacent to an activating group) is 1. The van der Waals surface area contributed by atoms with Crippen LogP contribution >= 0.6 is 0 Å². The van der Waals surface area contributed by atoms with Gasteiger partial charge >= 0.3 is 0 Å². The van der Waals surface area contributed by atoms with E-state index >= 15 is 0 Å². The molecule has 0 amide bonds. The van der Waals surface area contributed by atoms with E-state index in [1.807, 2.05) is 6.26 Å². The van der Waals surface area contributed by atoms with Crippen LogP contribution in [0.2, 0.25) is 0 Å². The predicted octanol–water partition coefficient (Wildman–Crippen LogP) is 2.92. The lowest BCUT2D eigenvalue weighted by Crippen LogP contribution is -2.36. The third kappa shape index (κ3) is 2.01. The quantitative estimate of drug-likeness (QED) is 0.798. The van der Waals surface area contributed by atoms with E-state index in [4.69, 9.17) is 4.42 Å². The Kier molecular flexibility index (Phi) is 3.25. The van der Waals surface area contributed by atoms with Gasteiger partial charge < -0.3 is 9.73 Å². The van der Waals surface area contributed by atoms with Gasteiger partial charge in [0.1, 0.15) is 0 Å². The van der Waals surface area contributed by atoms with Gasteiger partial charge in [0.2, 0.25) is 0 Å². The van der Waals surface area contributed by atoms with E-state index < -0.39 is 0 Å². The van der Waals surface area contributed by atoms with Gasteiger partial charge in [-0.25, -0.2) is 0 Å². The number of furan rings is 1. The van der Waals surface area contributed by atoms with Crippen molar-refractivity contribution < 1.29 is 4.42 Å². The first-order valence-corrected chi connectivity index (χ1v) is 5.67. The summed E-state index contributed by atoms with van der Waals surface area (Å²) in [7, 11) is 0. The Morgan fingerprint density at radius 2 is 2.29 bits per heavy atom. The summed E-state index contributed by atoms with van der Waals surface area (Å²) in [4.78, 5) is 0. The summed E-state index contributed by atoms with van der Waals surface area (Å²) in [6.07, 6.45) is 9.03. The predicted molar refractivity (Wildman–Crippen MR) is 57.4 cm³/mol. The highest BCUT2D eigenvalue weighted by Crippen LogP contribution is 2.33. The van der Waals surface area contributed by atoms with Gasteiger partial charge in [-0.05, 0) is 31.0 Å². The Morgan fingerprint density at radius 1 is 1.43 bits per heavy atom. The van der Waals surface area contributed by atoms with Crippen LogP contribution in [0.15, 0.2) is 23.0 Å². The summed E-state index contributed by atoms with van der Waals surface area (Å²) < 4.78 is 5.17. The molecule has 2 nitrogen and oxygen atoms in total. The summed E-state index contributed by atoms with van der Waals surface area (Å²) in [5, 5.41) is 3.58. The fourth-order valence-electron chi connectivity index (χ4n) is 2.52. The van der Waals surface area contributed by atoms with Crippen molar-refractivity contribution in [1.82, 2.24) is 5.32 Å². The minimum atomic E-state index is 0.659. The first-order chi connectivity index (χ1) is 6.92. The molecular formula is C12H19NO. The Hall–Kier alpha value is -0.760. The molecule has 2 atom stereocenters. The summed E-state index contributed by atoms with van der Waals surface area (Å²) >= 11 is 0. The topological polar surface area (TPSA) is 25.2 Å². The van der Waals surface area contributed by atoms with Crippen LogP contribution in [0, 0.1) is 0 Å². The van der Waals surface area contributed by atoms with Crippen LogP contribution in [0.3, 0.4) is 0 Å². The first kappa shape index (κ1) is 9.78. The van der Waals surface area contributed by atoms with Crippen LogP contribution in [0.5, 0.6) is 0 Å². The monoisotopic (exact) mass is 193 g/mol. The Morgan fingerprint density at radius 3 is 3.00 bits per heavy atom. The molecular weight excluding hydrogens is 174 g/mol. The highest BCUT2D eigenvalue weighted by atomic mass is 16.3. The third-order valence-corrected chi connectivity index (χ3v) is 3.20. The van der Waals surface area contributed by atoms with Gasteiger partial charge in [0.05, 0.1) is 12.5 Å². The molecule has 0 radical (unpaired) electrons. The lowest BCUT2D eigenvalue weighted by molar-refractivity contribution is 0.331. The second kappa shape index (κ2) is 4.65. The molecule has 1 aliphatic rings. The zero-order chi connectivity index (χ0) is 9.80. The molecule has 2 rings (SSSR count). The van der Waals surface area contributed by atoms with Crippen molar-refractivity contribution in [3.63, 3.8) is 0 Å². The van der Waals surface area contributed by atoms with Crippen LogP contribution in [0.4, 0.5) is 0 Å². The van der Waals surface area contributed by atoms with Gasteiger partial charge in [0.15, 0.2) is 0 Å². The van der Waals surface area contributed by atoms with Gasteiger partial charge in [0.25, 0.3) is 0 Å². The molecule has 0 spiro atoms. The molecule has 1 aliphatic carbocycles. The Labute approximate surface area is 85.7 Å². The second-order valence-corrected chi connectivity index (χ2v) is 4.11. The summed E-state index contributed by atoms with van der Waals surface area (Å²) in [6, 6.07) is 2.77. The average Bonchev–Trinajstić information content (AvgIpc) is 2.72. The van der Waals surface area contributed by atoms with Gasteiger partial charge in [-0.3, -0.25) is 0 Å². The maximum Gasteiger partial charge on any atom is 0.0937 e. The van der Waals surface area contributed by atoms with Crippen molar-refractivity contribution >= 4 is 0 Å². The lowest BCUT2D eigenvalue weighted by Gasteiger charge is -2.31. The largest absolute Gasteiger partial charge is 0.472 e. The van der Waals surface area contributed by atoms with E-state index in [1.165, 1.54) is 31.2 Å². The van der Waals surface area contributed by atoms with E-state index in [2.05, 4.69) is 18.3 Å². The minimum absolute atomic E-state index is 0.659. The molecule has 14 heavy (non-hydrogen) atoms. The number of hydrogen-bond acceptors (Lipinski definition) is 2. The highest BCUT2D eigenvalue weighted by molar-refractivity contribution is 5.16. The average molecular weight is 193 g/mol. The van der Waals surface area contributed by atoms with Crippen LogP contribution in [-0.4, -0.2) is 12.6 Å². The normalized spacial score (nSPS) is 27.8. The van der Waals surface area contributed by atoms with Gasteiger partial charge in [-0.1, -0.05) is 19.8 Å². The first-order valence-electron chi connectivity index (χ1n) is 5.67. The molecule has 1 N–H and O–H groups in total. The van der Waals surface area contributed by atoms with Crippen molar-refractivity contribution in [1.29, 1.82) is 0 Å². The van der Waals surface area contributed by atoms with Crippen LogP contribution < -0.4 is 5.32 Å². The molecule has 2 heteroatoms. The molecule has 1 fully saturated rings. The molecule has 0 bridgehead atoms. The molecule has 0 aromatic carbocycles. The van der Waals surface area contributed by atoms with Crippen molar-refractivity contribution in [3.8, 4) is 0 Å². The fraction of sp³-hybridized carbons (Fsp3) is 0.667. The molecule has 0 aliphatic heterocycles. The zero-order valence-electron chi connectivity index (χ0n) is 8.83. The SMILES string of the molecule is CCNC1CCCCC1c1ccoc1. The van der Waals surface area contributed by atoms with E-state index in [0.29, 0.717) is 12.0 Å². The lowest BCUT2D eigenvalue weighted by atomic mass is 9.81. The molecule has 2 unspecified atom stereocenters. The molecule has 1 saturated carbocycles. The van der Waals surface area contributed by atoms with Crippen molar-refractivity contribution in [2.45, 2.75) is 44.6 Å². The fourth-order valence-corrected chi connectivity index (χ4v) is 2.52. The van der Waals surface area contributed by atoms with Crippen LogP contribution in [-0.2, 0) is 0 Å². The van der Waals surface area contributed by atoms with Gasteiger partial charge in [0, 0.05) is 12.0 Å². The molecule has 1 aromatic rings. The van der Waals surface area contributed by atoms with Crippen LogP contribution in [0.25, 0.3) is 0 Å². The van der Waals surface area contributed by atoms with Crippen LogP contribution in [0.1, 0.15) is 44.1 Å². The Bertz CT molecular complexity index is 253. The van der Waals surface area contributed by atoms with E-state index in [1.54, 1.807) is 6.26 Å². The summed E-state index contributed by atoms with van der Waals surface area (Å²) in [5.41, 5.74) is 1.37. The molecule has 78 valence electrons. The number of rotatable bonds is 3. The van der Waals surface area contributed by atoms with Gasteiger partial charge in [-0.15, -0.1) is 0 Å². The zero-order valence-corrected chi connectivity index (χ0v) is 8.83. The molecule has 1 aromatic heterocycles. The number of nitrogens with one attached hydrogen (secondary N) is 1. The highest BCUT2D eigenvalue weighted by Gasteiger charge is 2.26. The third-order valence-electron chi connectivity index (χ3n) is 3.20. The maximum absolute atomic E-state index is 5.17. The smallest absolute Gasteiger partial charge is 0.0937 e. The van der Waals surface area contributed by atoms with E-state index in [9.17, 15) is 0 Å². The molecule has 1 heterocycles. The van der Waals surface area contributed by atoms with Crippen molar-refractivity contribution in [3.05, 3.63) is 24.2 Å².